The molecule has 4 heterocycles. The van der Waals surface area contributed by atoms with Gasteiger partial charge in [0.1, 0.15) is 17.1 Å². The molecular formula is C17H24N6O3. The number of piperazine rings is 1. The maximum absolute atomic E-state index is 9.55. The van der Waals surface area contributed by atoms with Gasteiger partial charge in [0.05, 0.1) is 44.7 Å². The van der Waals surface area contributed by atoms with E-state index in [9.17, 15) is 5.11 Å². The molecule has 4 rings (SSSR count). The van der Waals surface area contributed by atoms with Crippen molar-refractivity contribution >= 4 is 22.7 Å². The molecule has 0 aromatic carbocycles. The average molecular weight is 360 g/mol. The highest BCUT2D eigenvalue weighted by Crippen LogP contribution is 2.33. The molecule has 0 spiro atoms. The number of aliphatic hydroxyl groups excluding tert-OH is 1. The second-order valence-electron chi connectivity index (χ2n) is 6.46. The number of anilines is 2. The van der Waals surface area contributed by atoms with Crippen molar-refractivity contribution in [3.63, 3.8) is 0 Å². The Labute approximate surface area is 152 Å². The number of ether oxygens (including phenoxy) is 2. The van der Waals surface area contributed by atoms with E-state index in [2.05, 4.69) is 20.1 Å². The smallest absolute Gasteiger partial charge is 0.228 e. The van der Waals surface area contributed by atoms with Gasteiger partial charge in [-0.2, -0.15) is 4.98 Å². The minimum Gasteiger partial charge on any atom is -0.494 e. The van der Waals surface area contributed by atoms with Gasteiger partial charge in [-0.25, -0.2) is 4.98 Å². The van der Waals surface area contributed by atoms with E-state index >= 15 is 0 Å². The van der Waals surface area contributed by atoms with E-state index in [4.69, 9.17) is 19.4 Å². The fourth-order valence-electron chi connectivity index (χ4n) is 3.45. The summed E-state index contributed by atoms with van der Waals surface area (Å²) in [7, 11) is 1.63. The molecule has 2 aliphatic heterocycles. The van der Waals surface area contributed by atoms with Crippen LogP contribution >= 0.6 is 0 Å². The highest BCUT2D eigenvalue weighted by Gasteiger charge is 2.25. The largest absolute Gasteiger partial charge is 0.494 e. The number of hydrogen-bond donors (Lipinski definition) is 2. The van der Waals surface area contributed by atoms with Gasteiger partial charge in [0.2, 0.25) is 5.95 Å². The van der Waals surface area contributed by atoms with Crippen molar-refractivity contribution in [2.24, 2.45) is 0 Å². The Balaban J connectivity index is 1.81. The van der Waals surface area contributed by atoms with Gasteiger partial charge in [-0.05, 0) is 0 Å². The zero-order chi connectivity index (χ0) is 17.9. The molecule has 0 bridgehead atoms. The van der Waals surface area contributed by atoms with Gasteiger partial charge in [-0.1, -0.05) is 0 Å². The lowest BCUT2D eigenvalue weighted by atomic mass is 10.2. The van der Waals surface area contributed by atoms with Crippen LogP contribution in [0.5, 0.6) is 5.75 Å². The number of aromatic nitrogens is 3. The number of nitrogens with zero attached hydrogens (tertiary/aromatic N) is 5. The van der Waals surface area contributed by atoms with Gasteiger partial charge in [-0.15, -0.1) is 0 Å². The number of rotatable bonds is 4. The van der Waals surface area contributed by atoms with E-state index in [1.54, 1.807) is 19.5 Å². The van der Waals surface area contributed by atoms with Crippen molar-refractivity contribution in [1.82, 2.24) is 20.3 Å². The molecule has 9 nitrogen and oxygen atoms in total. The standard InChI is InChI=1S/C17H24N6O3/c1-25-14-9-18-8-13-15(14)16(23-3-2-19-12(10-23)11-24)21-17(20-13)22-4-6-26-7-5-22/h8-9,12,19,24H,2-7,10-11H2,1H3. The predicted octanol–water partition coefficient (Wildman–Crippen LogP) is -0.359. The highest BCUT2D eigenvalue weighted by molar-refractivity contribution is 5.95. The molecule has 1 atom stereocenters. The Morgan fingerprint density at radius 1 is 1.23 bits per heavy atom. The van der Waals surface area contributed by atoms with Crippen LogP contribution in [0.1, 0.15) is 0 Å². The zero-order valence-electron chi connectivity index (χ0n) is 14.9. The molecule has 2 saturated heterocycles. The van der Waals surface area contributed by atoms with Crippen molar-refractivity contribution in [2.45, 2.75) is 6.04 Å². The summed E-state index contributed by atoms with van der Waals surface area (Å²) in [4.78, 5) is 18.2. The summed E-state index contributed by atoms with van der Waals surface area (Å²) in [6.07, 6.45) is 3.44. The van der Waals surface area contributed by atoms with Crippen molar-refractivity contribution in [2.75, 3.05) is 69.5 Å². The van der Waals surface area contributed by atoms with Crippen molar-refractivity contribution in [3.05, 3.63) is 12.4 Å². The first-order valence-electron chi connectivity index (χ1n) is 8.91. The Bertz CT molecular complexity index is 767. The summed E-state index contributed by atoms with van der Waals surface area (Å²) >= 11 is 0. The molecule has 26 heavy (non-hydrogen) atoms. The molecule has 1 unspecified atom stereocenters. The summed E-state index contributed by atoms with van der Waals surface area (Å²) in [5.41, 5.74) is 0.759. The van der Waals surface area contributed by atoms with Crippen LogP contribution in [0.3, 0.4) is 0 Å². The number of nitrogens with one attached hydrogen (secondary N) is 1. The first kappa shape index (κ1) is 17.2. The van der Waals surface area contributed by atoms with Gasteiger partial charge in [0, 0.05) is 38.8 Å². The fourth-order valence-corrected chi connectivity index (χ4v) is 3.45. The molecule has 2 aliphatic rings. The van der Waals surface area contributed by atoms with E-state index < -0.39 is 0 Å². The third-order valence-electron chi connectivity index (χ3n) is 4.83. The Morgan fingerprint density at radius 2 is 2.08 bits per heavy atom. The highest BCUT2D eigenvalue weighted by atomic mass is 16.5. The number of hydrogen-bond acceptors (Lipinski definition) is 9. The van der Waals surface area contributed by atoms with Crippen LogP contribution < -0.4 is 19.9 Å². The molecule has 2 fully saturated rings. The number of fused-ring (bicyclic) bond motifs is 1. The predicted molar refractivity (Wildman–Crippen MR) is 98.0 cm³/mol. The van der Waals surface area contributed by atoms with Gasteiger partial charge in [-0.3, -0.25) is 4.98 Å². The van der Waals surface area contributed by atoms with Crippen LogP contribution in [0.15, 0.2) is 12.4 Å². The lowest BCUT2D eigenvalue weighted by Crippen LogP contribution is -2.52. The van der Waals surface area contributed by atoms with Gasteiger partial charge in [0.15, 0.2) is 0 Å². The molecular weight excluding hydrogens is 336 g/mol. The van der Waals surface area contributed by atoms with Crippen molar-refractivity contribution in [1.29, 1.82) is 0 Å². The maximum atomic E-state index is 9.55. The van der Waals surface area contributed by atoms with Crippen molar-refractivity contribution < 1.29 is 14.6 Å². The van der Waals surface area contributed by atoms with E-state index in [1.807, 2.05) is 0 Å². The van der Waals surface area contributed by atoms with Gasteiger partial charge >= 0.3 is 0 Å². The summed E-state index contributed by atoms with van der Waals surface area (Å²) in [6, 6.07) is 0.0217. The number of pyridine rings is 1. The molecule has 0 radical (unpaired) electrons. The van der Waals surface area contributed by atoms with Gasteiger partial charge < -0.3 is 29.7 Å². The van der Waals surface area contributed by atoms with Crippen LogP contribution in [-0.2, 0) is 4.74 Å². The SMILES string of the molecule is COc1cncc2nc(N3CCOCC3)nc(N3CCNC(CO)C3)c12. The first-order chi connectivity index (χ1) is 12.8. The number of morpholine rings is 1. The quantitative estimate of drug-likeness (QED) is 0.758. The average Bonchev–Trinajstić information content (AvgIpc) is 2.73. The molecule has 2 aromatic heterocycles. The first-order valence-corrected chi connectivity index (χ1v) is 8.91. The fraction of sp³-hybridized carbons (Fsp3) is 0.588. The molecule has 0 aliphatic carbocycles. The molecule has 9 heteroatoms. The van der Waals surface area contributed by atoms with E-state index in [1.165, 1.54) is 0 Å². The lowest BCUT2D eigenvalue weighted by Gasteiger charge is -2.35. The monoisotopic (exact) mass is 360 g/mol. The Kier molecular flexibility index (Phi) is 5.00. The van der Waals surface area contributed by atoms with Crippen LogP contribution in [0.25, 0.3) is 10.9 Å². The van der Waals surface area contributed by atoms with E-state index in [-0.39, 0.29) is 12.6 Å². The third-order valence-corrected chi connectivity index (χ3v) is 4.83. The molecule has 2 N–H and O–H groups in total. The van der Waals surface area contributed by atoms with Crippen LogP contribution in [0, 0.1) is 0 Å². The second-order valence-corrected chi connectivity index (χ2v) is 6.46. The maximum Gasteiger partial charge on any atom is 0.228 e. The Hall–Kier alpha value is -2.23. The third kappa shape index (κ3) is 3.25. The lowest BCUT2D eigenvalue weighted by molar-refractivity contribution is 0.122. The number of aliphatic hydroxyl groups is 1. The van der Waals surface area contributed by atoms with Gasteiger partial charge in [0.25, 0.3) is 0 Å². The van der Waals surface area contributed by atoms with Crippen LogP contribution in [-0.4, -0.2) is 85.8 Å². The van der Waals surface area contributed by atoms with Crippen molar-refractivity contribution in [3.8, 4) is 5.75 Å². The summed E-state index contributed by atoms with van der Waals surface area (Å²) in [5.74, 6) is 2.17. The van der Waals surface area contributed by atoms with E-state index in [0.717, 1.165) is 42.9 Å². The minimum absolute atomic E-state index is 0.0217. The topological polar surface area (TPSA) is 95.9 Å². The number of methoxy groups -OCH3 is 1. The minimum atomic E-state index is 0.0217. The van der Waals surface area contributed by atoms with Crippen LogP contribution in [0.2, 0.25) is 0 Å². The zero-order valence-corrected chi connectivity index (χ0v) is 14.9. The Morgan fingerprint density at radius 3 is 2.85 bits per heavy atom. The summed E-state index contributed by atoms with van der Waals surface area (Å²) < 4.78 is 11.0. The molecule has 0 amide bonds. The molecule has 0 saturated carbocycles. The van der Waals surface area contributed by atoms with Crippen LogP contribution in [0.4, 0.5) is 11.8 Å². The molecule has 2 aromatic rings. The second kappa shape index (κ2) is 7.56. The summed E-state index contributed by atoms with van der Waals surface area (Å²) in [5, 5.41) is 13.7. The van der Waals surface area contributed by atoms with E-state index in [0.29, 0.717) is 31.5 Å². The molecule has 140 valence electrons. The normalized spacial score (nSPS) is 21.2. The summed E-state index contributed by atoms with van der Waals surface area (Å²) in [6.45, 7) is 5.24.